The molecular formula is C14H13Cl3N2O. The van der Waals surface area contributed by atoms with Gasteiger partial charge >= 0.3 is 0 Å². The Kier molecular flexibility index (Phi) is 4.74. The molecule has 0 spiro atoms. The Labute approximate surface area is 132 Å². The van der Waals surface area contributed by atoms with Gasteiger partial charge in [-0.1, -0.05) is 37.0 Å². The maximum atomic E-state index is 6.08. The third-order valence-electron chi connectivity index (χ3n) is 2.83. The molecule has 2 aromatic rings. The van der Waals surface area contributed by atoms with Crippen LogP contribution in [0, 0.1) is 0 Å². The number of hydrogen-bond donors (Lipinski definition) is 0. The van der Waals surface area contributed by atoms with E-state index in [4.69, 9.17) is 39.5 Å². The van der Waals surface area contributed by atoms with Crippen LogP contribution in [0.1, 0.15) is 19.4 Å². The highest BCUT2D eigenvalue weighted by Gasteiger charge is 2.24. The lowest BCUT2D eigenvalue weighted by molar-refractivity contribution is 0.450. The van der Waals surface area contributed by atoms with Gasteiger partial charge in [0.05, 0.1) is 0 Å². The summed E-state index contributed by atoms with van der Waals surface area (Å²) in [4.78, 5) is 0. The smallest absolute Gasteiger partial charge is 0.239 e. The first kappa shape index (κ1) is 15.4. The molecule has 0 atom stereocenters. The molecule has 0 aliphatic rings. The van der Waals surface area contributed by atoms with Crippen molar-refractivity contribution in [1.29, 1.82) is 0 Å². The number of halogens is 3. The van der Waals surface area contributed by atoms with Crippen LogP contribution < -0.4 is 4.74 Å². The minimum Gasteiger partial charge on any atom is -0.438 e. The fourth-order valence-electron chi connectivity index (χ4n) is 1.58. The molecule has 6 heteroatoms. The summed E-state index contributed by atoms with van der Waals surface area (Å²) in [6.07, 6.45) is 0. The fraction of sp³-hybridized carbons (Fsp3) is 0.286. The summed E-state index contributed by atoms with van der Waals surface area (Å²) in [5.74, 6) is 1.41. The van der Waals surface area contributed by atoms with Gasteiger partial charge < -0.3 is 4.74 Å². The molecule has 0 saturated carbocycles. The van der Waals surface area contributed by atoms with Gasteiger partial charge in [-0.25, -0.2) is 0 Å². The van der Waals surface area contributed by atoms with Crippen LogP contribution in [-0.4, -0.2) is 16.1 Å². The fourth-order valence-corrected chi connectivity index (χ4v) is 2.20. The normalized spacial score (nSPS) is 11.4. The van der Waals surface area contributed by atoms with Crippen molar-refractivity contribution in [3.05, 3.63) is 46.1 Å². The highest BCUT2D eigenvalue weighted by molar-refractivity contribution is 6.30. The predicted molar refractivity (Wildman–Crippen MR) is 82.3 cm³/mol. The molecule has 0 saturated heterocycles. The Morgan fingerprint density at radius 1 is 1.10 bits per heavy atom. The molecule has 2 rings (SSSR count). The summed E-state index contributed by atoms with van der Waals surface area (Å²) >= 11 is 17.9. The van der Waals surface area contributed by atoms with E-state index < -0.39 is 0 Å². The van der Waals surface area contributed by atoms with E-state index in [1.54, 1.807) is 30.3 Å². The average molecular weight is 332 g/mol. The van der Waals surface area contributed by atoms with Gasteiger partial charge in [0.25, 0.3) is 0 Å². The van der Waals surface area contributed by atoms with Crippen molar-refractivity contribution < 1.29 is 4.74 Å². The first-order valence-electron chi connectivity index (χ1n) is 5.95. The molecule has 1 heterocycles. The molecular weight excluding hydrogens is 319 g/mol. The minimum atomic E-state index is -0.313. The van der Waals surface area contributed by atoms with E-state index in [9.17, 15) is 0 Å². The van der Waals surface area contributed by atoms with Crippen molar-refractivity contribution in [2.24, 2.45) is 0 Å². The highest BCUT2D eigenvalue weighted by atomic mass is 35.5. The zero-order valence-electron chi connectivity index (χ0n) is 11.0. The van der Waals surface area contributed by atoms with Gasteiger partial charge in [-0.3, -0.25) is 0 Å². The quantitative estimate of drug-likeness (QED) is 0.732. The largest absolute Gasteiger partial charge is 0.438 e. The van der Waals surface area contributed by atoms with E-state index in [1.165, 1.54) is 0 Å². The van der Waals surface area contributed by atoms with Crippen LogP contribution in [0.25, 0.3) is 0 Å². The van der Waals surface area contributed by atoms with Gasteiger partial charge in [-0.15, -0.1) is 21.8 Å². The molecule has 3 nitrogen and oxygen atoms in total. The molecule has 0 bridgehead atoms. The van der Waals surface area contributed by atoms with Crippen LogP contribution in [-0.2, 0) is 5.41 Å². The first-order chi connectivity index (χ1) is 9.42. The lowest BCUT2D eigenvalue weighted by Crippen LogP contribution is -2.20. The molecule has 0 radical (unpaired) electrons. The maximum absolute atomic E-state index is 6.08. The molecule has 0 amide bonds. The topological polar surface area (TPSA) is 35.0 Å². The Bertz CT molecular complexity index is 600. The summed E-state index contributed by atoms with van der Waals surface area (Å²) in [6.45, 7) is 3.96. The number of ether oxygens (including phenoxy) is 1. The minimum absolute atomic E-state index is 0.313. The SMILES string of the molecule is CC(C)(CCl)c1cc(Oc2ccc(Cl)cc2)nnc1Cl. The third-order valence-corrected chi connectivity index (χ3v) is 4.03. The van der Waals surface area contributed by atoms with Gasteiger partial charge in [-0.2, -0.15) is 0 Å². The summed E-state index contributed by atoms with van der Waals surface area (Å²) in [5, 5.41) is 8.81. The lowest BCUT2D eigenvalue weighted by atomic mass is 9.88. The Morgan fingerprint density at radius 2 is 1.75 bits per heavy atom. The molecule has 1 aromatic heterocycles. The first-order valence-corrected chi connectivity index (χ1v) is 7.24. The molecule has 0 aliphatic heterocycles. The van der Waals surface area contributed by atoms with Crippen LogP contribution in [0.15, 0.2) is 30.3 Å². The van der Waals surface area contributed by atoms with E-state index >= 15 is 0 Å². The van der Waals surface area contributed by atoms with Gasteiger partial charge in [0.15, 0.2) is 5.15 Å². The lowest BCUT2D eigenvalue weighted by Gasteiger charge is -2.22. The number of rotatable bonds is 4. The Hall–Kier alpha value is -1.03. The predicted octanol–water partition coefficient (Wildman–Crippen LogP) is 5.09. The summed E-state index contributed by atoms with van der Waals surface area (Å²) in [5.41, 5.74) is 0.486. The molecule has 1 aromatic carbocycles. The third kappa shape index (κ3) is 3.54. The molecule has 0 aliphatic carbocycles. The zero-order valence-corrected chi connectivity index (χ0v) is 13.3. The number of alkyl halides is 1. The highest BCUT2D eigenvalue weighted by Crippen LogP contribution is 2.32. The van der Waals surface area contributed by atoms with E-state index in [1.807, 2.05) is 13.8 Å². The van der Waals surface area contributed by atoms with Crippen molar-refractivity contribution in [2.75, 3.05) is 5.88 Å². The van der Waals surface area contributed by atoms with E-state index in [-0.39, 0.29) is 5.41 Å². The molecule has 0 N–H and O–H groups in total. The zero-order chi connectivity index (χ0) is 14.8. The average Bonchev–Trinajstić information content (AvgIpc) is 2.43. The van der Waals surface area contributed by atoms with Crippen molar-refractivity contribution in [3.63, 3.8) is 0 Å². The van der Waals surface area contributed by atoms with Crippen molar-refractivity contribution in [3.8, 4) is 11.6 Å². The number of aromatic nitrogens is 2. The Balaban J connectivity index is 2.30. The van der Waals surface area contributed by atoms with Crippen molar-refractivity contribution in [2.45, 2.75) is 19.3 Å². The van der Waals surface area contributed by atoms with Crippen LogP contribution in [0.4, 0.5) is 0 Å². The van der Waals surface area contributed by atoms with Gasteiger partial charge in [0.1, 0.15) is 5.75 Å². The second-order valence-corrected chi connectivity index (χ2v) is 6.02. The van der Waals surface area contributed by atoms with Crippen LogP contribution in [0.3, 0.4) is 0 Å². The number of nitrogens with zero attached hydrogens (tertiary/aromatic N) is 2. The van der Waals surface area contributed by atoms with Crippen LogP contribution in [0.2, 0.25) is 10.2 Å². The van der Waals surface area contributed by atoms with Gasteiger partial charge in [-0.05, 0) is 24.3 Å². The maximum Gasteiger partial charge on any atom is 0.239 e. The van der Waals surface area contributed by atoms with Crippen LogP contribution >= 0.6 is 34.8 Å². The Morgan fingerprint density at radius 3 is 2.35 bits per heavy atom. The molecule has 20 heavy (non-hydrogen) atoms. The number of benzene rings is 1. The molecule has 0 fully saturated rings. The van der Waals surface area contributed by atoms with E-state index in [2.05, 4.69) is 10.2 Å². The summed E-state index contributed by atoms with van der Waals surface area (Å²) < 4.78 is 5.63. The number of hydrogen-bond acceptors (Lipinski definition) is 3. The van der Waals surface area contributed by atoms with Crippen molar-refractivity contribution in [1.82, 2.24) is 10.2 Å². The van der Waals surface area contributed by atoms with E-state index in [0.717, 1.165) is 5.56 Å². The van der Waals surface area contributed by atoms with E-state index in [0.29, 0.717) is 27.7 Å². The molecule has 0 unspecified atom stereocenters. The standard InChI is InChI=1S/C14H13Cl3N2O/c1-14(2,8-15)11-7-12(18-19-13(11)17)20-10-5-3-9(16)4-6-10/h3-7H,8H2,1-2H3. The summed E-state index contributed by atoms with van der Waals surface area (Å²) in [7, 11) is 0. The second kappa shape index (κ2) is 6.17. The summed E-state index contributed by atoms with van der Waals surface area (Å²) in [6, 6.07) is 8.75. The van der Waals surface area contributed by atoms with Crippen molar-refractivity contribution >= 4 is 34.8 Å². The second-order valence-electron chi connectivity index (χ2n) is 4.96. The monoisotopic (exact) mass is 330 g/mol. The van der Waals surface area contributed by atoms with Crippen LogP contribution in [0.5, 0.6) is 11.6 Å². The van der Waals surface area contributed by atoms with Gasteiger partial charge in [0, 0.05) is 27.9 Å². The molecule has 106 valence electrons. The van der Waals surface area contributed by atoms with Gasteiger partial charge in [0.2, 0.25) is 5.88 Å².